The largest absolute Gasteiger partial charge is 0.392 e. The van der Waals surface area contributed by atoms with Crippen LogP contribution in [-0.4, -0.2) is 17.3 Å². The van der Waals surface area contributed by atoms with E-state index in [0.29, 0.717) is 12.1 Å². The van der Waals surface area contributed by atoms with E-state index < -0.39 is 11.6 Å². The fraction of sp³-hybridized carbons (Fsp3) is 0.571. The maximum Gasteiger partial charge on any atom is 0.130 e. The van der Waals surface area contributed by atoms with Crippen molar-refractivity contribution in [3.8, 4) is 0 Å². The quantitative estimate of drug-likeness (QED) is 0.814. The molecule has 1 fully saturated rings. The lowest BCUT2D eigenvalue weighted by atomic mass is 10.1. The first-order valence-electron chi connectivity index (χ1n) is 6.52. The van der Waals surface area contributed by atoms with Crippen LogP contribution in [0.3, 0.4) is 0 Å². The molecule has 1 aromatic rings. The number of halogens is 2. The van der Waals surface area contributed by atoms with E-state index in [1.54, 1.807) is 0 Å². The van der Waals surface area contributed by atoms with Crippen LogP contribution in [0.1, 0.15) is 37.7 Å². The highest BCUT2D eigenvalue weighted by Gasteiger charge is 2.21. The highest BCUT2D eigenvalue weighted by molar-refractivity contribution is 5.18. The van der Waals surface area contributed by atoms with Crippen LogP contribution < -0.4 is 5.32 Å². The highest BCUT2D eigenvalue weighted by Crippen LogP contribution is 2.19. The number of hydrogen-bond acceptors (Lipinski definition) is 2. The van der Waals surface area contributed by atoms with Gasteiger partial charge in [-0.05, 0) is 18.9 Å². The molecule has 0 amide bonds. The van der Waals surface area contributed by atoms with Gasteiger partial charge in [-0.2, -0.15) is 0 Å². The van der Waals surface area contributed by atoms with E-state index >= 15 is 0 Å². The van der Waals surface area contributed by atoms with Gasteiger partial charge in [0.2, 0.25) is 0 Å². The SMILES string of the molecule is OC1CCCCCC1NCc1ccc(F)cc1F. The van der Waals surface area contributed by atoms with Crippen LogP contribution in [0, 0.1) is 11.6 Å². The lowest BCUT2D eigenvalue weighted by Crippen LogP contribution is -2.38. The van der Waals surface area contributed by atoms with Gasteiger partial charge in [0.1, 0.15) is 11.6 Å². The fourth-order valence-electron chi connectivity index (χ4n) is 2.43. The van der Waals surface area contributed by atoms with Gasteiger partial charge in [0.05, 0.1) is 6.10 Å². The normalized spacial score (nSPS) is 24.8. The summed E-state index contributed by atoms with van der Waals surface area (Å²) in [4.78, 5) is 0. The van der Waals surface area contributed by atoms with Crippen molar-refractivity contribution >= 4 is 0 Å². The highest BCUT2D eigenvalue weighted by atomic mass is 19.1. The van der Waals surface area contributed by atoms with Crippen molar-refractivity contribution in [2.24, 2.45) is 0 Å². The molecule has 0 saturated heterocycles. The van der Waals surface area contributed by atoms with Gasteiger partial charge >= 0.3 is 0 Å². The predicted octanol–water partition coefficient (Wildman–Crippen LogP) is 2.75. The van der Waals surface area contributed by atoms with Gasteiger partial charge in [0.15, 0.2) is 0 Å². The molecule has 1 saturated carbocycles. The zero-order valence-electron chi connectivity index (χ0n) is 10.3. The summed E-state index contributed by atoms with van der Waals surface area (Å²) in [5, 5.41) is 13.1. The maximum atomic E-state index is 13.4. The molecule has 0 heterocycles. The summed E-state index contributed by atoms with van der Waals surface area (Å²) >= 11 is 0. The molecule has 1 aromatic carbocycles. The molecule has 0 radical (unpaired) electrons. The molecule has 2 nitrogen and oxygen atoms in total. The number of aliphatic hydroxyl groups is 1. The van der Waals surface area contributed by atoms with Crippen molar-refractivity contribution in [1.82, 2.24) is 5.32 Å². The van der Waals surface area contributed by atoms with Crippen LogP contribution in [0.4, 0.5) is 8.78 Å². The smallest absolute Gasteiger partial charge is 0.130 e. The Bertz CT molecular complexity index is 397. The van der Waals surface area contributed by atoms with E-state index in [9.17, 15) is 13.9 Å². The molecule has 1 aliphatic carbocycles. The minimum Gasteiger partial charge on any atom is -0.392 e. The second-order valence-electron chi connectivity index (χ2n) is 4.93. The summed E-state index contributed by atoms with van der Waals surface area (Å²) in [7, 11) is 0. The molecule has 4 heteroatoms. The van der Waals surface area contributed by atoms with Crippen molar-refractivity contribution in [2.45, 2.75) is 50.8 Å². The van der Waals surface area contributed by atoms with E-state index in [0.717, 1.165) is 38.2 Å². The zero-order valence-corrected chi connectivity index (χ0v) is 10.3. The standard InChI is InChI=1S/C14H19F2NO/c15-11-7-6-10(12(16)8-11)9-17-13-4-2-1-3-5-14(13)18/h6-8,13-14,17-18H,1-5,9H2. The molecular weight excluding hydrogens is 236 g/mol. The molecule has 100 valence electrons. The summed E-state index contributed by atoms with van der Waals surface area (Å²) in [6.45, 7) is 0.327. The second-order valence-corrected chi connectivity index (χ2v) is 4.93. The molecule has 2 N–H and O–H groups in total. The van der Waals surface area contributed by atoms with Crippen LogP contribution in [-0.2, 0) is 6.54 Å². The summed E-state index contributed by atoms with van der Waals surface area (Å²) in [5.74, 6) is -1.10. The number of aliphatic hydroxyl groups excluding tert-OH is 1. The van der Waals surface area contributed by atoms with E-state index in [1.807, 2.05) is 0 Å². The van der Waals surface area contributed by atoms with Crippen LogP contribution in [0.25, 0.3) is 0 Å². The molecule has 0 aromatic heterocycles. The zero-order chi connectivity index (χ0) is 13.0. The Morgan fingerprint density at radius 1 is 1.17 bits per heavy atom. The predicted molar refractivity (Wildman–Crippen MR) is 66.1 cm³/mol. The van der Waals surface area contributed by atoms with Crippen LogP contribution >= 0.6 is 0 Å². The Labute approximate surface area is 106 Å². The average Bonchev–Trinajstić information content (AvgIpc) is 2.53. The van der Waals surface area contributed by atoms with Crippen molar-refractivity contribution in [2.75, 3.05) is 0 Å². The minimum absolute atomic E-state index is 0.0111. The van der Waals surface area contributed by atoms with Gasteiger partial charge in [0, 0.05) is 24.2 Å². The maximum absolute atomic E-state index is 13.4. The van der Waals surface area contributed by atoms with Gasteiger partial charge < -0.3 is 10.4 Å². The lowest BCUT2D eigenvalue weighted by Gasteiger charge is -2.22. The van der Waals surface area contributed by atoms with Gasteiger partial charge in [0.25, 0.3) is 0 Å². The summed E-state index contributed by atoms with van der Waals surface area (Å²) < 4.78 is 26.2. The Morgan fingerprint density at radius 3 is 2.72 bits per heavy atom. The molecular formula is C14H19F2NO. The van der Waals surface area contributed by atoms with Crippen molar-refractivity contribution in [3.63, 3.8) is 0 Å². The lowest BCUT2D eigenvalue weighted by molar-refractivity contribution is 0.119. The Balaban J connectivity index is 1.93. The van der Waals surface area contributed by atoms with Gasteiger partial charge in [-0.3, -0.25) is 0 Å². The number of rotatable bonds is 3. The number of hydrogen-bond donors (Lipinski definition) is 2. The first-order chi connectivity index (χ1) is 8.66. The topological polar surface area (TPSA) is 32.3 Å². The van der Waals surface area contributed by atoms with Crippen LogP contribution in [0.2, 0.25) is 0 Å². The van der Waals surface area contributed by atoms with Crippen LogP contribution in [0.15, 0.2) is 18.2 Å². The van der Waals surface area contributed by atoms with E-state index in [-0.39, 0.29) is 12.1 Å². The van der Waals surface area contributed by atoms with E-state index in [4.69, 9.17) is 0 Å². The first kappa shape index (κ1) is 13.4. The fourth-order valence-corrected chi connectivity index (χ4v) is 2.43. The molecule has 1 aliphatic rings. The number of benzene rings is 1. The van der Waals surface area contributed by atoms with E-state index in [1.165, 1.54) is 12.1 Å². The third kappa shape index (κ3) is 3.50. The average molecular weight is 255 g/mol. The molecule has 2 rings (SSSR count). The Morgan fingerprint density at radius 2 is 1.94 bits per heavy atom. The Hall–Kier alpha value is -1.00. The molecule has 2 atom stereocenters. The summed E-state index contributed by atoms with van der Waals surface area (Å²) in [5.41, 5.74) is 0.438. The first-order valence-corrected chi connectivity index (χ1v) is 6.52. The molecule has 0 spiro atoms. The number of nitrogens with one attached hydrogen (secondary N) is 1. The van der Waals surface area contributed by atoms with Crippen molar-refractivity contribution in [3.05, 3.63) is 35.4 Å². The minimum atomic E-state index is -0.564. The molecule has 18 heavy (non-hydrogen) atoms. The van der Waals surface area contributed by atoms with Crippen molar-refractivity contribution < 1.29 is 13.9 Å². The molecule has 2 unspecified atom stereocenters. The Kier molecular flexibility index (Phi) is 4.66. The van der Waals surface area contributed by atoms with Gasteiger partial charge in [-0.15, -0.1) is 0 Å². The summed E-state index contributed by atoms with van der Waals surface area (Å²) in [6, 6.07) is 3.60. The van der Waals surface area contributed by atoms with Gasteiger partial charge in [-0.25, -0.2) is 8.78 Å². The molecule has 0 aliphatic heterocycles. The van der Waals surface area contributed by atoms with E-state index in [2.05, 4.69) is 5.32 Å². The second kappa shape index (κ2) is 6.25. The summed E-state index contributed by atoms with van der Waals surface area (Å²) in [6.07, 6.45) is 4.61. The monoisotopic (exact) mass is 255 g/mol. The van der Waals surface area contributed by atoms with Gasteiger partial charge in [-0.1, -0.05) is 25.3 Å². The van der Waals surface area contributed by atoms with Crippen LogP contribution in [0.5, 0.6) is 0 Å². The third-order valence-corrected chi connectivity index (χ3v) is 3.55. The molecule has 0 bridgehead atoms. The van der Waals surface area contributed by atoms with Crippen molar-refractivity contribution in [1.29, 1.82) is 0 Å². The third-order valence-electron chi connectivity index (χ3n) is 3.55.